The highest BCUT2D eigenvalue weighted by Gasteiger charge is 2.06. The van der Waals surface area contributed by atoms with E-state index in [1.807, 2.05) is 24.4 Å². The van der Waals surface area contributed by atoms with E-state index in [2.05, 4.69) is 10.3 Å². The molecular weight excluding hydrogens is 268 g/mol. The van der Waals surface area contributed by atoms with Crippen LogP contribution in [-0.2, 0) is 11.2 Å². The van der Waals surface area contributed by atoms with Crippen LogP contribution in [0.3, 0.4) is 0 Å². The van der Waals surface area contributed by atoms with Gasteiger partial charge in [0.1, 0.15) is 0 Å². The van der Waals surface area contributed by atoms with E-state index in [0.29, 0.717) is 17.9 Å². The maximum atomic E-state index is 11.8. The fraction of sp³-hybridized carbons (Fsp3) is 0.231. The van der Waals surface area contributed by atoms with Crippen molar-refractivity contribution < 1.29 is 4.79 Å². The fourth-order valence-electron chi connectivity index (χ4n) is 1.54. The predicted octanol–water partition coefficient (Wildman–Crippen LogP) is 3.68. The number of carbonyl (C=O) groups excluding carboxylic acids is 1. The molecule has 0 aliphatic carbocycles. The number of hydrogen-bond acceptors (Lipinski definition) is 3. The molecule has 2 rings (SSSR count). The van der Waals surface area contributed by atoms with Gasteiger partial charge in [0.15, 0.2) is 0 Å². The third-order valence-corrected chi connectivity index (χ3v) is 3.60. The minimum Gasteiger partial charge on any atom is -0.326 e. The number of halogens is 1. The van der Waals surface area contributed by atoms with Gasteiger partial charge in [-0.3, -0.25) is 4.79 Å². The second-order valence-corrected chi connectivity index (χ2v) is 5.35. The van der Waals surface area contributed by atoms with Crippen molar-refractivity contribution in [3.8, 4) is 0 Å². The van der Waals surface area contributed by atoms with Crippen molar-refractivity contribution in [1.29, 1.82) is 0 Å². The molecule has 1 amide bonds. The lowest BCUT2D eigenvalue weighted by Gasteiger charge is -2.08. The van der Waals surface area contributed by atoms with E-state index in [1.165, 1.54) is 0 Å². The molecule has 2 aromatic rings. The van der Waals surface area contributed by atoms with Gasteiger partial charge in [-0.2, -0.15) is 0 Å². The molecule has 1 N–H and O–H groups in total. The zero-order chi connectivity index (χ0) is 13.0. The molecule has 0 unspecified atom stereocenters. The summed E-state index contributed by atoms with van der Waals surface area (Å²) in [6.45, 7) is 1.94. The molecular formula is C13H13ClN2OS. The highest BCUT2D eigenvalue weighted by molar-refractivity contribution is 7.09. The Morgan fingerprint density at radius 1 is 1.50 bits per heavy atom. The number of rotatable bonds is 4. The van der Waals surface area contributed by atoms with Crippen molar-refractivity contribution in [3.63, 3.8) is 0 Å². The third-order valence-electron chi connectivity index (χ3n) is 2.52. The monoisotopic (exact) mass is 280 g/mol. The number of benzene rings is 1. The summed E-state index contributed by atoms with van der Waals surface area (Å²) in [6.07, 6.45) is 2.85. The Kier molecular flexibility index (Phi) is 4.33. The largest absolute Gasteiger partial charge is 0.326 e. The van der Waals surface area contributed by atoms with Gasteiger partial charge in [0, 0.05) is 35.1 Å². The number of aromatic nitrogens is 1. The van der Waals surface area contributed by atoms with Gasteiger partial charge in [0.2, 0.25) is 5.91 Å². The fourth-order valence-corrected chi connectivity index (χ4v) is 2.33. The second-order valence-electron chi connectivity index (χ2n) is 3.93. The second kappa shape index (κ2) is 5.98. The van der Waals surface area contributed by atoms with Crippen LogP contribution in [0, 0.1) is 6.92 Å². The molecule has 0 aliphatic heterocycles. The molecule has 3 nitrogen and oxygen atoms in total. The quantitative estimate of drug-likeness (QED) is 0.928. The molecule has 0 aliphatic rings. The number of nitrogens with one attached hydrogen (secondary N) is 1. The average molecular weight is 281 g/mol. The minimum atomic E-state index is -0.0180. The van der Waals surface area contributed by atoms with E-state index >= 15 is 0 Å². The van der Waals surface area contributed by atoms with Crippen molar-refractivity contribution in [2.45, 2.75) is 19.8 Å². The molecule has 1 heterocycles. The lowest BCUT2D eigenvalue weighted by molar-refractivity contribution is -0.116. The molecule has 5 heteroatoms. The molecule has 94 valence electrons. The third kappa shape index (κ3) is 3.55. The summed E-state index contributed by atoms with van der Waals surface area (Å²) < 4.78 is 0. The lowest BCUT2D eigenvalue weighted by atomic mass is 10.2. The highest BCUT2D eigenvalue weighted by Crippen LogP contribution is 2.20. The van der Waals surface area contributed by atoms with Gasteiger partial charge >= 0.3 is 0 Å². The van der Waals surface area contributed by atoms with Gasteiger partial charge in [0.05, 0.1) is 5.01 Å². The van der Waals surface area contributed by atoms with Crippen LogP contribution in [0.1, 0.15) is 17.0 Å². The Labute approximate surface area is 115 Å². The molecule has 0 saturated heterocycles. The number of nitrogens with zero attached hydrogens (tertiary/aromatic N) is 1. The maximum Gasteiger partial charge on any atom is 0.224 e. The van der Waals surface area contributed by atoms with Crippen LogP contribution in [0.5, 0.6) is 0 Å². The van der Waals surface area contributed by atoms with Crippen molar-refractivity contribution >= 4 is 34.5 Å². The maximum absolute atomic E-state index is 11.8. The van der Waals surface area contributed by atoms with Crippen LogP contribution < -0.4 is 5.32 Å². The Morgan fingerprint density at radius 2 is 2.33 bits per heavy atom. The zero-order valence-corrected chi connectivity index (χ0v) is 11.5. The molecule has 1 aromatic heterocycles. The minimum absolute atomic E-state index is 0.0180. The van der Waals surface area contributed by atoms with Crippen LogP contribution in [-0.4, -0.2) is 10.9 Å². The number of hydrogen-bond donors (Lipinski definition) is 1. The summed E-state index contributed by atoms with van der Waals surface area (Å²) in [5, 5.41) is 6.38. The van der Waals surface area contributed by atoms with Crippen LogP contribution in [0.4, 0.5) is 5.69 Å². The standard InChI is InChI=1S/C13H13ClN2OS/c1-9-2-3-10(14)8-11(9)16-12(17)4-5-13-15-6-7-18-13/h2-3,6-8H,4-5H2,1H3,(H,16,17). The summed E-state index contributed by atoms with van der Waals surface area (Å²) in [7, 11) is 0. The molecule has 0 spiro atoms. The molecule has 18 heavy (non-hydrogen) atoms. The van der Waals surface area contributed by atoms with Gasteiger partial charge in [-0.05, 0) is 24.6 Å². The normalized spacial score (nSPS) is 10.3. The number of carbonyl (C=O) groups is 1. The first-order valence-corrected chi connectivity index (χ1v) is 6.85. The SMILES string of the molecule is Cc1ccc(Cl)cc1NC(=O)CCc1nccs1. The van der Waals surface area contributed by atoms with Crippen molar-refractivity contribution in [2.75, 3.05) is 5.32 Å². The number of anilines is 1. The average Bonchev–Trinajstić information content (AvgIpc) is 2.84. The van der Waals surface area contributed by atoms with Gasteiger partial charge in [0.25, 0.3) is 0 Å². The molecule has 0 fully saturated rings. The summed E-state index contributed by atoms with van der Waals surface area (Å²) >= 11 is 7.46. The summed E-state index contributed by atoms with van der Waals surface area (Å²) in [5.41, 5.74) is 1.77. The number of thiazole rings is 1. The van der Waals surface area contributed by atoms with Crippen molar-refractivity contribution in [2.24, 2.45) is 0 Å². The van der Waals surface area contributed by atoms with Gasteiger partial charge in [-0.25, -0.2) is 4.98 Å². The van der Waals surface area contributed by atoms with E-state index in [0.717, 1.165) is 16.3 Å². The zero-order valence-electron chi connectivity index (χ0n) is 9.94. The number of aryl methyl sites for hydroxylation is 2. The van der Waals surface area contributed by atoms with Gasteiger partial charge in [-0.1, -0.05) is 17.7 Å². The van der Waals surface area contributed by atoms with E-state index in [4.69, 9.17) is 11.6 Å². The lowest BCUT2D eigenvalue weighted by Crippen LogP contribution is -2.13. The summed E-state index contributed by atoms with van der Waals surface area (Å²) in [5.74, 6) is -0.0180. The number of amides is 1. The van der Waals surface area contributed by atoms with Gasteiger partial charge < -0.3 is 5.32 Å². The molecule has 1 aromatic carbocycles. The Hall–Kier alpha value is -1.39. The van der Waals surface area contributed by atoms with Gasteiger partial charge in [-0.15, -0.1) is 11.3 Å². The van der Waals surface area contributed by atoms with E-state index < -0.39 is 0 Å². The van der Waals surface area contributed by atoms with Crippen LogP contribution in [0.15, 0.2) is 29.8 Å². The van der Waals surface area contributed by atoms with Crippen molar-refractivity contribution in [3.05, 3.63) is 45.4 Å². The molecule has 0 saturated carbocycles. The topological polar surface area (TPSA) is 42.0 Å². The smallest absolute Gasteiger partial charge is 0.224 e. The first-order chi connectivity index (χ1) is 8.65. The van der Waals surface area contributed by atoms with Crippen LogP contribution >= 0.6 is 22.9 Å². The van der Waals surface area contributed by atoms with Crippen LogP contribution in [0.2, 0.25) is 5.02 Å². The molecule has 0 atom stereocenters. The van der Waals surface area contributed by atoms with E-state index in [9.17, 15) is 4.79 Å². The summed E-state index contributed by atoms with van der Waals surface area (Å²) in [4.78, 5) is 15.9. The van der Waals surface area contributed by atoms with E-state index in [1.54, 1.807) is 23.6 Å². The highest BCUT2D eigenvalue weighted by atomic mass is 35.5. The Balaban J connectivity index is 1.92. The first-order valence-electron chi connectivity index (χ1n) is 5.59. The molecule has 0 radical (unpaired) electrons. The van der Waals surface area contributed by atoms with E-state index in [-0.39, 0.29) is 5.91 Å². The predicted molar refractivity (Wildman–Crippen MR) is 75.3 cm³/mol. The Bertz CT molecular complexity index is 540. The Morgan fingerprint density at radius 3 is 3.06 bits per heavy atom. The first kappa shape index (κ1) is 13.1. The van der Waals surface area contributed by atoms with Crippen molar-refractivity contribution in [1.82, 2.24) is 4.98 Å². The summed E-state index contributed by atoms with van der Waals surface area (Å²) in [6, 6.07) is 5.46. The molecule has 0 bridgehead atoms. The van der Waals surface area contributed by atoms with Crippen LogP contribution in [0.25, 0.3) is 0 Å².